The van der Waals surface area contributed by atoms with Crippen LogP contribution in [0, 0.1) is 0 Å². The monoisotopic (exact) mass is 258 g/mol. The van der Waals surface area contributed by atoms with Gasteiger partial charge in [-0.3, -0.25) is 9.48 Å². The van der Waals surface area contributed by atoms with Crippen molar-refractivity contribution in [3.63, 3.8) is 0 Å². The molecule has 0 unspecified atom stereocenters. The molecule has 1 aromatic rings. The van der Waals surface area contributed by atoms with Crippen LogP contribution in [0.4, 0.5) is 0 Å². The van der Waals surface area contributed by atoms with Crippen molar-refractivity contribution in [1.29, 1.82) is 0 Å². The summed E-state index contributed by atoms with van der Waals surface area (Å²) < 4.78 is 1.76. The minimum absolute atomic E-state index is 0.329. The fourth-order valence-corrected chi connectivity index (χ4v) is 1.53. The molecule has 1 rings (SSSR count). The van der Waals surface area contributed by atoms with Crippen LogP contribution in [0.1, 0.15) is 25.0 Å². The molecular weight excluding hydrogens is 244 g/mol. The molecule has 14 heavy (non-hydrogen) atoms. The summed E-state index contributed by atoms with van der Waals surface area (Å²) >= 11 is 3.31. The fourth-order valence-electron chi connectivity index (χ4n) is 1.25. The molecule has 0 radical (unpaired) electrons. The van der Waals surface area contributed by atoms with Crippen LogP contribution in [0.2, 0.25) is 0 Å². The smallest absolute Gasteiger partial charge is 0.133 e. The highest BCUT2D eigenvalue weighted by atomic mass is 79.9. The highest BCUT2D eigenvalue weighted by molar-refractivity contribution is 9.09. The zero-order chi connectivity index (χ0) is 10.4. The van der Waals surface area contributed by atoms with Crippen LogP contribution in [0.25, 0.3) is 0 Å². The number of nitrogens with zero attached hydrogens (tertiary/aromatic N) is 2. The van der Waals surface area contributed by atoms with Gasteiger partial charge in [-0.15, -0.1) is 0 Å². The molecular formula is C10H15BrN2O. The van der Waals surface area contributed by atoms with Gasteiger partial charge in [0.05, 0.1) is 5.69 Å². The van der Waals surface area contributed by atoms with Crippen molar-refractivity contribution < 1.29 is 4.79 Å². The second-order valence-corrected chi connectivity index (χ2v) is 4.10. The van der Waals surface area contributed by atoms with Crippen LogP contribution >= 0.6 is 15.9 Å². The van der Waals surface area contributed by atoms with E-state index >= 15 is 0 Å². The number of ketones is 1. The van der Waals surface area contributed by atoms with Gasteiger partial charge in [-0.25, -0.2) is 0 Å². The Morgan fingerprint density at radius 1 is 1.57 bits per heavy atom. The van der Waals surface area contributed by atoms with Crippen LogP contribution in [0.5, 0.6) is 0 Å². The molecule has 0 N–H and O–H groups in total. The number of carbonyl (C=O) groups is 1. The number of carbonyl (C=O) groups excluding carboxylic acids is 1. The Morgan fingerprint density at radius 3 is 2.93 bits per heavy atom. The van der Waals surface area contributed by atoms with E-state index < -0.39 is 0 Å². The molecule has 0 saturated carbocycles. The number of aromatic nitrogens is 2. The van der Waals surface area contributed by atoms with Gasteiger partial charge in [0.25, 0.3) is 0 Å². The van der Waals surface area contributed by atoms with E-state index in [-0.39, 0.29) is 0 Å². The van der Waals surface area contributed by atoms with Gasteiger partial charge in [-0.05, 0) is 18.9 Å². The maximum atomic E-state index is 11.3. The maximum absolute atomic E-state index is 11.3. The predicted octanol–water partition coefficient (Wildman–Crippen LogP) is 2.10. The van der Waals surface area contributed by atoms with E-state index in [0.717, 1.165) is 23.9 Å². The zero-order valence-corrected chi connectivity index (χ0v) is 9.96. The summed E-state index contributed by atoms with van der Waals surface area (Å²) in [6, 6.07) is 1.96. The summed E-state index contributed by atoms with van der Waals surface area (Å²) in [4.78, 5) is 11.3. The minimum Gasteiger partial charge on any atom is -0.300 e. The van der Waals surface area contributed by atoms with Crippen LogP contribution in [0.3, 0.4) is 0 Å². The molecule has 0 aliphatic heterocycles. The first-order valence-corrected chi connectivity index (χ1v) is 5.90. The minimum atomic E-state index is 0.329. The van der Waals surface area contributed by atoms with Crippen molar-refractivity contribution in [2.24, 2.45) is 7.05 Å². The Labute approximate surface area is 92.6 Å². The summed E-state index contributed by atoms with van der Waals surface area (Å²) in [5.41, 5.74) is 1.000. The Kier molecular flexibility index (Phi) is 4.87. The van der Waals surface area contributed by atoms with Gasteiger partial charge >= 0.3 is 0 Å². The first kappa shape index (κ1) is 11.4. The van der Waals surface area contributed by atoms with E-state index in [0.29, 0.717) is 18.6 Å². The van der Waals surface area contributed by atoms with E-state index in [1.165, 1.54) is 0 Å². The quantitative estimate of drug-likeness (QED) is 0.733. The number of alkyl halides is 1. The molecule has 78 valence electrons. The third-order valence-corrected chi connectivity index (χ3v) is 2.58. The number of aryl methyl sites for hydroxylation is 2. The number of halogens is 1. The standard InChI is InChI=1S/C10H15BrN2O/c1-13-8-6-9(12-13)4-5-10(14)3-2-7-11/h6,8H,2-5,7H2,1H3. The fraction of sp³-hybridized carbons (Fsp3) is 0.600. The van der Waals surface area contributed by atoms with Crippen LogP contribution < -0.4 is 0 Å². The van der Waals surface area contributed by atoms with Crippen molar-refractivity contribution in [3.05, 3.63) is 18.0 Å². The SMILES string of the molecule is Cn1ccc(CCC(=O)CCCBr)n1. The predicted molar refractivity (Wildman–Crippen MR) is 59.6 cm³/mol. The lowest BCUT2D eigenvalue weighted by Gasteiger charge is -1.97. The van der Waals surface area contributed by atoms with Gasteiger partial charge in [0.1, 0.15) is 5.78 Å². The second-order valence-electron chi connectivity index (χ2n) is 3.31. The molecule has 0 atom stereocenters. The molecule has 3 nitrogen and oxygen atoms in total. The van der Waals surface area contributed by atoms with Gasteiger partial charge in [-0.1, -0.05) is 15.9 Å². The summed E-state index contributed by atoms with van der Waals surface area (Å²) in [7, 11) is 1.89. The maximum Gasteiger partial charge on any atom is 0.133 e. The van der Waals surface area contributed by atoms with E-state index in [1.807, 2.05) is 19.3 Å². The average Bonchev–Trinajstić information content (AvgIpc) is 2.58. The van der Waals surface area contributed by atoms with Crippen LogP contribution in [-0.2, 0) is 18.3 Å². The molecule has 0 aliphatic carbocycles. The third kappa shape index (κ3) is 4.05. The largest absolute Gasteiger partial charge is 0.300 e. The molecule has 0 fully saturated rings. The van der Waals surface area contributed by atoms with Crippen LogP contribution in [0.15, 0.2) is 12.3 Å². The van der Waals surface area contributed by atoms with Gasteiger partial charge in [0.2, 0.25) is 0 Å². The van der Waals surface area contributed by atoms with Gasteiger partial charge in [-0.2, -0.15) is 5.10 Å². The number of rotatable bonds is 6. The molecule has 0 saturated heterocycles. The first-order valence-electron chi connectivity index (χ1n) is 4.78. The lowest BCUT2D eigenvalue weighted by atomic mass is 10.1. The van der Waals surface area contributed by atoms with Crippen molar-refractivity contribution in [3.8, 4) is 0 Å². The van der Waals surface area contributed by atoms with E-state index in [4.69, 9.17) is 0 Å². The third-order valence-electron chi connectivity index (χ3n) is 2.02. The van der Waals surface area contributed by atoms with Crippen molar-refractivity contribution >= 4 is 21.7 Å². The normalized spacial score (nSPS) is 10.4. The van der Waals surface area contributed by atoms with Crippen molar-refractivity contribution in [2.75, 3.05) is 5.33 Å². The summed E-state index contributed by atoms with van der Waals surface area (Å²) in [5.74, 6) is 0.329. The van der Waals surface area contributed by atoms with Gasteiger partial charge in [0, 0.05) is 31.4 Å². The van der Waals surface area contributed by atoms with Crippen molar-refractivity contribution in [2.45, 2.75) is 25.7 Å². The van der Waals surface area contributed by atoms with Crippen LogP contribution in [-0.4, -0.2) is 20.9 Å². The number of Topliss-reactive ketones (excluding diaryl/α,β-unsaturated/α-hetero) is 1. The lowest BCUT2D eigenvalue weighted by Crippen LogP contribution is -2.01. The molecule has 4 heteroatoms. The molecule has 1 heterocycles. The highest BCUT2D eigenvalue weighted by Crippen LogP contribution is 2.03. The summed E-state index contributed by atoms with van der Waals surface area (Å²) in [5, 5.41) is 5.12. The summed E-state index contributed by atoms with van der Waals surface area (Å²) in [6.45, 7) is 0. The number of hydrogen-bond donors (Lipinski definition) is 0. The second kappa shape index (κ2) is 5.96. The Morgan fingerprint density at radius 2 is 2.36 bits per heavy atom. The number of hydrogen-bond acceptors (Lipinski definition) is 2. The lowest BCUT2D eigenvalue weighted by molar-refractivity contribution is -0.119. The average molecular weight is 259 g/mol. The van der Waals surface area contributed by atoms with E-state index in [9.17, 15) is 4.79 Å². The highest BCUT2D eigenvalue weighted by Gasteiger charge is 2.03. The van der Waals surface area contributed by atoms with E-state index in [2.05, 4.69) is 21.0 Å². The topological polar surface area (TPSA) is 34.9 Å². The molecule has 0 aliphatic rings. The first-order chi connectivity index (χ1) is 6.72. The van der Waals surface area contributed by atoms with Gasteiger partial charge in [0.15, 0.2) is 0 Å². The molecule has 0 spiro atoms. The van der Waals surface area contributed by atoms with Gasteiger partial charge < -0.3 is 0 Å². The Balaban J connectivity index is 2.23. The molecule has 0 aromatic carbocycles. The molecule has 0 bridgehead atoms. The zero-order valence-electron chi connectivity index (χ0n) is 8.37. The van der Waals surface area contributed by atoms with E-state index in [1.54, 1.807) is 4.68 Å². The Bertz CT molecular complexity index is 296. The molecule has 1 aromatic heterocycles. The Hall–Kier alpha value is -0.640. The van der Waals surface area contributed by atoms with Crippen molar-refractivity contribution in [1.82, 2.24) is 9.78 Å². The summed E-state index contributed by atoms with van der Waals surface area (Å²) in [6.07, 6.45) is 4.89. The molecule has 0 amide bonds.